The summed E-state index contributed by atoms with van der Waals surface area (Å²) in [6, 6.07) is 20.4. The zero-order valence-electron chi connectivity index (χ0n) is 17.0. The Morgan fingerprint density at radius 3 is 2.53 bits per heavy atom. The van der Waals surface area contributed by atoms with Gasteiger partial charge in [0.2, 0.25) is 0 Å². The molecule has 1 aliphatic rings. The first-order valence-corrected chi connectivity index (χ1v) is 11.6. The number of phenols is 1. The number of hydrogen-bond donors (Lipinski definition) is 1. The van der Waals surface area contributed by atoms with Gasteiger partial charge in [0, 0.05) is 0 Å². The molecule has 1 amide bonds. The van der Waals surface area contributed by atoms with Gasteiger partial charge in [0.05, 0.1) is 33.7 Å². The van der Waals surface area contributed by atoms with Crippen molar-refractivity contribution < 1.29 is 14.6 Å². The van der Waals surface area contributed by atoms with Crippen molar-refractivity contribution in [3.8, 4) is 11.5 Å². The number of rotatable bonds is 5. The second kappa shape index (κ2) is 9.81. The van der Waals surface area contributed by atoms with E-state index in [9.17, 15) is 9.90 Å². The first-order valence-electron chi connectivity index (χ1n) is 9.60. The maximum atomic E-state index is 13.3. The SMILES string of the molecule is COc1ccc(CN2C(=O)/C(=C/c3cc(Cl)c(O)c(Br)c3)SC2=Nc2ccccc2)cc1. The minimum absolute atomic E-state index is 0.0355. The molecule has 162 valence electrons. The molecule has 1 saturated heterocycles. The van der Waals surface area contributed by atoms with Crippen molar-refractivity contribution in [1.82, 2.24) is 4.90 Å². The van der Waals surface area contributed by atoms with E-state index >= 15 is 0 Å². The molecule has 4 rings (SSSR count). The van der Waals surface area contributed by atoms with Gasteiger partial charge in [-0.05, 0) is 81.3 Å². The third-order valence-electron chi connectivity index (χ3n) is 4.71. The summed E-state index contributed by atoms with van der Waals surface area (Å²) in [5, 5.41) is 10.7. The summed E-state index contributed by atoms with van der Waals surface area (Å²) in [6.45, 7) is 0.374. The normalized spacial score (nSPS) is 16.2. The molecule has 1 N–H and O–H groups in total. The lowest BCUT2D eigenvalue weighted by atomic mass is 10.2. The molecule has 0 atom stereocenters. The summed E-state index contributed by atoms with van der Waals surface area (Å²) in [4.78, 5) is 20.2. The smallest absolute Gasteiger partial charge is 0.267 e. The topological polar surface area (TPSA) is 62.1 Å². The molecular weight excluding hydrogens is 512 g/mol. The third kappa shape index (κ3) is 5.01. The monoisotopic (exact) mass is 528 g/mol. The van der Waals surface area contributed by atoms with Crippen molar-refractivity contribution in [2.24, 2.45) is 4.99 Å². The third-order valence-corrected chi connectivity index (χ3v) is 6.60. The lowest BCUT2D eigenvalue weighted by molar-refractivity contribution is -0.122. The zero-order valence-corrected chi connectivity index (χ0v) is 20.1. The minimum Gasteiger partial charge on any atom is -0.505 e. The van der Waals surface area contributed by atoms with Crippen LogP contribution in [-0.4, -0.2) is 28.2 Å². The Morgan fingerprint density at radius 2 is 1.88 bits per heavy atom. The minimum atomic E-state index is -0.152. The second-order valence-electron chi connectivity index (χ2n) is 6.91. The van der Waals surface area contributed by atoms with Gasteiger partial charge in [-0.15, -0.1) is 0 Å². The van der Waals surface area contributed by atoms with Gasteiger partial charge in [-0.1, -0.05) is 41.9 Å². The number of carbonyl (C=O) groups is 1. The maximum absolute atomic E-state index is 13.3. The first kappa shape index (κ1) is 22.5. The zero-order chi connectivity index (χ0) is 22.7. The van der Waals surface area contributed by atoms with Crippen molar-refractivity contribution in [2.75, 3.05) is 7.11 Å². The average Bonchev–Trinajstić information content (AvgIpc) is 3.07. The van der Waals surface area contributed by atoms with Crippen LogP contribution in [0, 0.1) is 0 Å². The highest BCUT2D eigenvalue weighted by Gasteiger charge is 2.33. The molecule has 0 radical (unpaired) electrons. The molecule has 0 aliphatic carbocycles. The number of para-hydroxylation sites is 1. The summed E-state index contributed by atoms with van der Waals surface area (Å²) in [5.41, 5.74) is 2.41. The van der Waals surface area contributed by atoms with Crippen molar-refractivity contribution in [1.29, 1.82) is 0 Å². The number of aromatic hydroxyl groups is 1. The molecule has 0 spiro atoms. The summed E-state index contributed by atoms with van der Waals surface area (Å²) in [6.07, 6.45) is 1.75. The standard InChI is InChI=1S/C24H18BrClN2O3S/c1-31-18-9-7-15(8-10-18)14-28-23(30)21(13-16-11-19(25)22(29)20(26)12-16)32-24(28)27-17-5-3-2-4-6-17/h2-13,29H,14H2,1H3/b21-13-,27-24?. The Bertz CT molecular complexity index is 1190. The van der Waals surface area contributed by atoms with E-state index in [1.165, 1.54) is 11.8 Å². The van der Waals surface area contributed by atoms with Crippen molar-refractivity contribution in [3.63, 3.8) is 0 Å². The fourth-order valence-electron chi connectivity index (χ4n) is 3.08. The van der Waals surface area contributed by atoms with E-state index in [1.807, 2.05) is 54.6 Å². The number of methoxy groups -OCH3 is 1. The Kier molecular flexibility index (Phi) is 6.89. The number of halogens is 2. The van der Waals surface area contributed by atoms with Gasteiger partial charge >= 0.3 is 0 Å². The van der Waals surface area contributed by atoms with Crippen LogP contribution in [0.3, 0.4) is 0 Å². The number of carbonyl (C=O) groups excluding carboxylic acids is 1. The molecule has 0 bridgehead atoms. The van der Waals surface area contributed by atoms with Crippen LogP contribution in [0.1, 0.15) is 11.1 Å². The quantitative estimate of drug-likeness (QED) is 0.377. The molecule has 32 heavy (non-hydrogen) atoms. The highest BCUT2D eigenvalue weighted by atomic mass is 79.9. The molecular formula is C24H18BrClN2O3S. The molecule has 0 aromatic heterocycles. The number of aliphatic imine (C=N–C) groups is 1. The van der Waals surface area contributed by atoms with Crippen LogP contribution in [0.15, 0.2) is 81.1 Å². The number of hydrogen-bond acceptors (Lipinski definition) is 5. The molecule has 1 heterocycles. The molecule has 0 unspecified atom stereocenters. The van der Waals surface area contributed by atoms with E-state index in [-0.39, 0.29) is 16.7 Å². The Labute approximate surface area is 203 Å². The largest absolute Gasteiger partial charge is 0.505 e. The van der Waals surface area contributed by atoms with E-state index in [0.29, 0.717) is 26.7 Å². The lowest BCUT2D eigenvalue weighted by Crippen LogP contribution is -2.28. The molecule has 3 aromatic rings. The number of benzene rings is 3. The maximum Gasteiger partial charge on any atom is 0.267 e. The Morgan fingerprint density at radius 1 is 1.16 bits per heavy atom. The molecule has 8 heteroatoms. The van der Waals surface area contributed by atoms with Gasteiger partial charge in [-0.3, -0.25) is 9.69 Å². The fraction of sp³-hybridized carbons (Fsp3) is 0.0833. The Hall–Kier alpha value is -2.74. The van der Waals surface area contributed by atoms with Crippen molar-refractivity contribution >= 4 is 62.1 Å². The number of thioether (sulfide) groups is 1. The van der Waals surface area contributed by atoms with E-state index in [1.54, 1.807) is 30.2 Å². The van der Waals surface area contributed by atoms with E-state index in [0.717, 1.165) is 17.0 Å². The predicted octanol–water partition coefficient (Wildman–Crippen LogP) is 6.62. The van der Waals surface area contributed by atoms with Crippen LogP contribution in [-0.2, 0) is 11.3 Å². The second-order valence-corrected chi connectivity index (χ2v) is 9.18. The van der Waals surface area contributed by atoms with Gasteiger partial charge in [-0.2, -0.15) is 0 Å². The first-order chi connectivity index (χ1) is 15.4. The lowest BCUT2D eigenvalue weighted by Gasteiger charge is -2.16. The summed E-state index contributed by atoms with van der Waals surface area (Å²) >= 11 is 10.7. The highest BCUT2D eigenvalue weighted by Crippen LogP contribution is 2.38. The van der Waals surface area contributed by atoms with Gasteiger partial charge in [0.1, 0.15) is 11.5 Å². The van der Waals surface area contributed by atoms with Gasteiger partial charge in [0.25, 0.3) is 5.91 Å². The molecule has 3 aromatic carbocycles. The van der Waals surface area contributed by atoms with Gasteiger partial charge < -0.3 is 9.84 Å². The van der Waals surface area contributed by atoms with Gasteiger partial charge in [0.15, 0.2) is 5.17 Å². The highest BCUT2D eigenvalue weighted by molar-refractivity contribution is 9.10. The predicted molar refractivity (Wildman–Crippen MR) is 133 cm³/mol. The van der Waals surface area contributed by atoms with Crippen LogP contribution >= 0.6 is 39.3 Å². The Balaban J connectivity index is 1.70. The van der Waals surface area contributed by atoms with Crippen LogP contribution in [0.25, 0.3) is 6.08 Å². The molecule has 5 nitrogen and oxygen atoms in total. The summed E-state index contributed by atoms with van der Waals surface area (Å²) in [5.74, 6) is 0.567. The molecule has 1 aliphatic heterocycles. The van der Waals surface area contributed by atoms with Gasteiger partial charge in [-0.25, -0.2) is 4.99 Å². The van der Waals surface area contributed by atoms with Crippen molar-refractivity contribution in [3.05, 3.63) is 92.3 Å². The number of phenolic OH excluding ortho intramolecular Hbond substituents is 1. The fourth-order valence-corrected chi connectivity index (χ4v) is 4.89. The number of amides is 1. The van der Waals surface area contributed by atoms with E-state index < -0.39 is 0 Å². The summed E-state index contributed by atoms with van der Waals surface area (Å²) < 4.78 is 5.68. The molecule has 0 saturated carbocycles. The van der Waals surface area contributed by atoms with Crippen molar-refractivity contribution in [2.45, 2.75) is 6.54 Å². The van der Waals surface area contributed by atoms with E-state index in [4.69, 9.17) is 21.3 Å². The van der Waals surface area contributed by atoms with Crippen LogP contribution < -0.4 is 4.74 Å². The molecule has 1 fully saturated rings. The van der Waals surface area contributed by atoms with Crippen LogP contribution in [0.4, 0.5) is 5.69 Å². The number of ether oxygens (including phenoxy) is 1. The number of nitrogens with zero attached hydrogens (tertiary/aromatic N) is 2. The van der Waals surface area contributed by atoms with Crippen LogP contribution in [0.5, 0.6) is 11.5 Å². The summed E-state index contributed by atoms with van der Waals surface area (Å²) in [7, 11) is 1.62. The van der Waals surface area contributed by atoms with E-state index in [2.05, 4.69) is 15.9 Å². The van der Waals surface area contributed by atoms with Crippen LogP contribution in [0.2, 0.25) is 5.02 Å². The average molecular weight is 530 g/mol. The number of amidine groups is 1.